The van der Waals surface area contributed by atoms with Crippen molar-refractivity contribution in [1.82, 2.24) is 0 Å². The Balaban J connectivity index is 2.07. The zero-order chi connectivity index (χ0) is 12.1. The molecule has 0 radical (unpaired) electrons. The Morgan fingerprint density at radius 2 is 1.94 bits per heavy atom. The van der Waals surface area contributed by atoms with E-state index in [9.17, 15) is 0 Å². The molecule has 0 aromatic heterocycles. The molecule has 1 aromatic carbocycles. The minimum atomic E-state index is 0.309. The van der Waals surface area contributed by atoms with Gasteiger partial charge < -0.3 is 10.5 Å². The third-order valence-electron chi connectivity index (χ3n) is 3.76. The van der Waals surface area contributed by atoms with Crippen LogP contribution >= 0.6 is 0 Å². The van der Waals surface area contributed by atoms with Gasteiger partial charge in [0, 0.05) is 5.92 Å². The van der Waals surface area contributed by atoms with Crippen LogP contribution in [0.4, 0.5) is 0 Å². The molecular weight excluding hydrogens is 210 g/mol. The number of hydrogen-bond acceptors (Lipinski definition) is 2. The fourth-order valence-electron chi connectivity index (χ4n) is 2.63. The molecule has 0 amide bonds. The van der Waals surface area contributed by atoms with Crippen LogP contribution in [0.5, 0.6) is 5.75 Å². The van der Waals surface area contributed by atoms with E-state index < -0.39 is 0 Å². The Kier molecular flexibility index (Phi) is 4.43. The van der Waals surface area contributed by atoms with Crippen LogP contribution in [0, 0.1) is 12.8 Å². The van der Waals surface area contributed by atoms with Crippen LogP contribution in [0.25, 0.3) is 0 Å². The first-order valence-corrected chi connectivity index (χ1v) is 6.73. The van der Waals surface area contributed by atoms with Gasteiger partial charge in [-0.05, 0) is 44.4 Å². The Bertz CT molecular complexity index is 351. The van der Waals surface area contributed by atoms with Crippen molar-refractivity contribution < 1.29 is 4.74 Å². The Hall–Kier alpha value is -1.02. The molecule has 2 rings (SSSR count). The van der Waals surface area contributed by atoms with E-state index in [4.69, 9.17) is 10.5 Å². The summed E-state index contributed by atoms with van der Waals surface area (Å²) in [6.07, 6.45) is 6.57. The van der Waals surface area contributed by atoms with Crippen molar-refractivity contribution in [3.8, 4) is 5.75 Å². The number of benzene rings is 1. The van der Waals surface area contributed by atoms with Crippen molar-refractivity contribution in [2.75, 3.05) is 6.54 Å². The molecule has 2 nitrogen and oxygen atoms in total. The first-order valence-electron chi connectivity index (χ1n) is 6.73. The molecule has 1 aliphatic rings. The van der Waals surface area contributed by atoms with E-state index in [1.807, 2.05) is 6.07 Å². The standard InChI is InChI=1S/C15H23NO/c1-12-7-5-6-9-14(12)17-15-10-4-2-3-8-13(15)11-16/h5-7,9,13,15H,2-4,8,10-11,16H2,1H3. The molecule has 2 atom stereocenters. The third-order valence-corrected chi connectivity index (χ3v) is 3.76. The van der Waals surface area contributed by atoms with Gasteiger partial charge in [0.2, 0.25) is 0 Å². The van der Waals surface area contributed by atoms with Crippen LogP contribution < -0.4 is 10.5 Å². The Labute approximate surface area is 104 Å². The maximum atomic E-state index is 6.19. The summed E-state index contributed by atoms with van der Waals surface area (Å²) in [7, 11) is 0. The second-order valence-corrected chi connectivity index (χ2v) is 5.06. The molecule has 2 unspecified atom stereocenters. The molecule has 0 spiro atoms. The van der Waals surface area contributed by atoms with Crippen LogP contribution in [0.2, 0.25) is 0 Å². The summed E-state index contributed by atoms with van der Waals surface area (Å²) >= 11 is 0. The molecule has 2 heteroatoms. The van der Waals surface area contributed by atoms with E-state index >= 15 is 0 Å². The van der Waals surface area contributed by atoms with Crippen molar-refractivity contribution >= 4 is 0 Å². The first-order chi connectivity index (χ1) is 8.31. The topological polar surface area (TPSA) is 35.2 Å². The largest absolute Gasteiger partial charge is 0.490 e. The van der Waals surface area contributed by atoms with Crippen molar-refractivity contribution in [3.05, 3.63) is 29.8 Å². The number of hydrogen-bond donors (Lipinski definition) is 1. The lowest BCUT2D eigenvalue weighted by Gasteiger charge is -2.25. The molecule has 0 saturated heterocycles. The van der Waals surface area contributed by atoms with E-state index in [2.05, 4.69) is 25.1 Å². The highest BCUT2D eigenvalue weighted by Gasteiger charge is 2.24. The van der Waals surface area contributed by atoms with Crippen LogP contribution in [-0.2, 0) is 0 Å². The summed E-state index contributed by atoms with van der Waals surface area (Å²) in [6, 6.07) is 8.25. The lowest BCUT2D eigenvalue weighted by Crippen LogP contribution is -2.31. The molecule has 1 fully saturated rings. The lowest BCUT2D eigenvalue weighted by molar-refractivity contribution is 0.129. The van der Waals surface area contributed by atoms with Gasteiger partial charge in [0.25, 0.3) is 0 Å². The Morgan fingerprint density at radius 3 is 2.71 bits per heavy atom. The highest BCUT2D eigenvalue weighted by Crippen LogP contribution is 2.28. The fourth-order valence-corrected chi connectivity index (χ4v) is 2.63. The van der Waals surface area contributed by atoms with Crippen molar-refractivity contribution in [2.45, 2.75) is 45.1 Å². The van der Waals surface area contributed by atoms with E-state index in [1.54, 1.807) is 0 Å². The average molecular weight is 233 g/mol. The monoisotopic (exact) mass is 233 g/mol. The summed E-state index contributed by atoms with van der Waals surface area (Å²) in [6.45, 7) is 2.85. The van der Waals surface area contributed by atoms with Gasteiger partial charge in [-0.3, -0.25) is 0 Å². The highest BCUT2D eigenvalue weighted by atomic mass is 16.5. The number of nitrogens with two attached hydrogens (primary N) is 1. The summed E-state index contributed by atoms with van der Waals surface area (Å²) < 4.78 is 6.19. The van der Waals surface area contributed by atoms with E-state index in [0.717, 1.165) is 18.7 Å². The minimum absolute atomic E-state index is 0.309. The minimum Gasteiger partial charge on any atom is -0.490 e. The van der Waals surface area contributed by atoms with Gasteiger partial charge in [0.05, 0.1) is 0 Å². The van der Waals surface area contributed by atoms with Gasteiger partial charge in [0.1, 0.15) is 11.9 Å². The van der Waals surface area contributed by atoms with Crippen molar-refractivity contribution in [2.24, 2.45) is 11.7 Å². The highest BCUT2D eigenvalue weighted by molar-refractivity contribution is 5.32. The number of aryl methyl sites for hydroxylation is 1. The SMILES string of the molecule is Cc1ccccc1OC1CCCCCC1CN. The smallest absolute Gasteiger partial charge is 0.122 e. The molecular formula is C15H23NO. The second kappa shape index (κ2) is 6.06. The predicted molar refractivity (Wildman–Crippen MR) is 71.2 cm³/mol. The van der Waals surface area contributed by atoms with Gasteiger partial charge in [-0.25, -0.2) is 0 Å². The molecule has 2 N–H and O–H groups in total. The molecule has 0 bridgehead atoms. The summed E-state index contributed by atoms with van der Waals surface area (Å²) in [5.41, 5.74) is 7.09. The van der Waals surface area contributed by atoms with Gasteiger partial charge in [-0.2, -0.15) is 0 Å². The number of ether oxygens (including phenoxy) is 1. The predicted octanol–water partition coefficient (Wildman–Crippen LogP) is 3.28. The quantitative estimate of drug-likeness (QED) is 0.813. The van der Waals surface area contributed by atoms with Crippen LogP contribution in [0.15, 0.2) is 24.3 Å². The van der Waals surface area contributed by atoms with Crippen molar-refractivity contribution in [3.63, 3.8) is 0 Å². The van der Waals surface area contributed by atoms with E-state index in [1.165, 1.54) is 31.2 Å². The van der Waals surface area contributed by atoms with Gasteiger partial charge in [0.15, 0.2) is 0 Å². The zero-order valence-corrected chi connectivity index (χ0v) is 10.7. The summed E-state index contributed by atoms with van der Waals surface area (Å²) in [5.74, 6) is 1.55. The molecule has 1 saturated carbocycles. The molecule has 0 heterocycles. The summed E-state index contributed by atoms with van der Waals surface area (Å²) in [4.78, 5) is 0. The van der Waals surface area contributed by atoms with Crippen LogP contribution in [0.1, 0.15) is 37.7 Å². The number of para-hydroxylation sites is 1. The first kappa shape index (κ1) is 12.4. The van der Waals surface area contributed by atoms with Crippen LogP contribution in [-0.4, -0.2) is 12.6 Å². The van der Waals surface area contributed by atoms with Gasteiger partial charge >= 0.3 is 0 Å². The lowest BCUT2D eigenvalue weighted by atomic mass is 9.97. The zero-order valence-electron chi connectivity index (χ0n) is 10.7. The van der Waals surface area contributed by atoms with Gasteiger partial charge in [-0.1, -0.05) is 31.0 Å². The molecule has 94 valence electrons. The number of rotatable bonds is 3. The van der Waals surface area contributed by atoms with E-state index in [0.29, 0.717) is 12.0 Å². The third kappa shape index (κ3) is 3.22. The molecule has 17 heavy (non-hydrogen) atoms. The maximum absolute atomic E-state index is 6.19. The molecule has 1 aromatic rings. The maximum Gasteiger partial charge on any atom is 0.122 e. The fraction of sp³-hybridized carbons (Fsp3) is 0.600. The Morgan fingerprint density at radius 1 is 1.18 bits per heavy atom. The summed E-state index contributed by atoms with van der Waals surface area (Å²) in [5, 5.41) is 0. The molecule has 1 aliphatic carbocycles. The normalized spacial score (nSPS) is 25.3. The van der Waals surface area contributed by atoms with Crippen LogP contribution in [0.3, 0.4) is 0 Å². The van der Waals surface area contributed by atoms with Gasteiger partial charge in [-0.15, -0.1) is 0 Å². The van der Waals surface area contributed by atoms with Crippen molar-refractivity contribution in [1.29, 1.82) is 0 Å². The second-order valence-electron chi connectivity index (χ2n) is 5.06. The molecule has 0 aliphatic heterocycles. The average Bonchev–Trinajstić information content (AvgIpc) is 2.57. The van der Waals surface area contributed by atoms with E-state index in [-0.39, 0.29) is 0 Å².